The molecule has 4 heterocycles. The van der Waals surface area contributed by atoms with E-state index >= 15 is 0 Å². The predicted octanol–water partition coefficient (Wildman–Crippen LogP) is 3.74. The van der Waals surface area contributed by atoms with E-state index in [2.05, 4.69) is 53.4 Å². The molecule has 0 aliphatic carbocycles. The first-order chi connectivity index (χ1) is 12.6. The Morgan fingerprint density at radius 1 is 1.31 bits per heavy atom. The van der Waals surface area contributed by atoms with Crippen LogP contribution in [0.25, 0.3) is 0 Å². The van der Waals surface area contributed by atoms with Crippen molar-refractivity contribution in [1.82, 2.24) is 14.5 Å². The van der Waals surface area contributed by atoms with Gasteiger partial charge in [-0.25, -0.2) is 0 Å². The quantitative estimate of drug-likeness (QED) is 0.804. The molecule has 0 amide bonds. The van der Waals surface area contributed by atoms with Crippen molar-refractivity contribution >= 4 is 16.9 Å². The summed E-state index contributed by atoms with van der Waals surface area (Å²) < 4.78 is 7.66. The molecule has 2 aliphatic rings. The average Bonchev–Trinajstić information content (AvgIpc) is 3.24. The number of amidine groups is 1. The minimum Gasteiger partial charge on any atom is -0.383 e. The van der Waals surface area contributed by atoms with Crippen LogP contribution in [0.3, 0.4) is 0 Å². The maximum Gasteiger partial charge on any atom is 0.160 e. The lowest BCUT2D eigenvalue weighted by molar-refractivity contribution is 0.186. The molecule has 5 nitrogen and oxygen atoms in total. The Bertz CT molecular complexity index is 817. The van der Waals surface area contributed by atoms with Crippen LogP contribution in [0, 0.1) is 13.8 Å². The highest BCUT2D eigenvalue weighted by Crippen LogP contribution is 2.48. The first kappa shape index (κ1) is 17.6. The molecule has 0 bridgehead atoms. The van der Waals surface area contributed by atoms with Gasteiger partial charge < -0.3 is 14.2 Å². The van der Waals surface area contributed by atoms with E-state index in [1.807, 2.05) is 24.0 Å². The number of pyridine rings is 1. The van der Waals surface area contributed by atoms with Crippen molar-refractivity contribution < 1.29 is 4.74 Å². The summed E-state index contributed by atoms with van der Waals surface area (Å²) in [6.45, 7) is 9.33. The maximum atomic E-state index is 5.30. The minimum absolute atomic E-state index is 0.0579. The first-order valence-corrected chi connectivity index (χ1v) is 10.1. The van der Waals surface area contributed by atoms with Crippen LogP contribution in [0.1, 0.15) is 41.7 Å². The molecule has 0 N–H and O–H groups in total. The molecule has 3 atom stereocenters. The van der Waals surface area contributed by atoms with Crippen LogP contribution in [0.4, 0.5) is 0 Å². The number of hydrogen-bond acceptors (Lipinski definition) is 5. The third-order valence-electron chi connectivity index (χ3n) is 5.33. The van der Waals surface area contributed by atoms with Crippen molar-refractivity contribution in [1.29, 1.82) is 0 Å². The van der Waals surface area contributed by atoms with Gasteiger partial charge in [-0.3, -0.25) is 9.98 Å². The lowest BCUT2D eigenvalue weighted by Crippen LogP contribution is -2.29. The SMILES string of the molecule is COCCn1c(C)cc([C@H]2[C@H](c3ccccn3)N=C3S[C@@H](C)CN32)c1C. The van der Waals surface area contributed by atoms with Gasteiger partial charge in [0.05, 0.1) is 18.3 Å². The van der Waals surface area contributed by atoms with Crippen molar-refractivity contribution in [3.63, 3.8) is 0 Å². The number of fused-ring (bicyclic) bond motifs is 1. The van der Waals surface area contributed by atoms with Gasteiger partial charge in [-0.05, 0) is 37.6 Å². The summed E-state index contributed by atoms with van der Waals surface area (Å²) in [7, 11) is 1.76. The largest absolute Gasteiger partial charge is 0.383 e. The number of hydrogen-bond donors (Lipinski definition) is 0. The number of methoxy groups -OCH3 is 1. The van der Waals surface area contributed by atoms with E-state index in [1.165, 1.54) is 22.1 Å². The third kappa shape index (κ3) is 2.95. The topological polar surface area (TPSA) is 42.6 Å². The lowest BCUT2D eigenvalue weighted by atomic mass is 9.96. The zero-order valence-electron chi connectivity index (χ0n) is 15.8. The Kier molecular flexibility index (Phi) is 4.80. The normalized spacial score (nSPS) is 24.8. The van der Waals surface area contributed by atoms with E-state index in [1.54, 1.807) is 7.11 Å². The first-order valence-electron chi connectivity index (χ1n) is 9.17. The van der Waals surface area contributed by atoms with Crippen LogP contribution < -0.4 is 0 Å². The standard InChI is InChI=1S/C20H26N4OS/c1-13-11-16(15(3)23(13)9-10-25-4)19-18(17-7-5-6-8-21-17)22-20-24(19)12-14(2)26-20/h5-8,11,14,18-19H,9-10,12H2,1-4H3/t14-,18-,19-/m0/s1. The number of aryl methyl sites for hydroxylation is 1. The van der Waals surface area contributed by atoms with E-state index in [4.69, 9.17) is 9.73 Å². The Morgan fingerprint density at radius 2 is 2.15 bits per heavy atom. The van der Waals surface area contributed by atoms with Gasteiger partial charge in [0.15, 0.2) is 5.17 Å². The van der Waals surface area contributed by atoms with Gasteiger partial charge in [-0.1, -0.05) is 24.8 Å². The number of aromatic nitrogens is 2. The third-order valence-corrected chi connectivity index (χ3v) is 6.43. The minimum atomic E-state index is 0.0579. The Morgan fingerprint density at radius 3 is 2.88 bits per heavy atom. The van der Waals surface area contributed by atoms with Gasteiger partial charge in [0.2, 0.25) is 0 Å². The second kappa shape index (κ2) is 7.08. The highest BCUT2D eigenvalue weighted by atomic mass is 32.2. The van der Waals surface area contributed by atoms with Crippen molar-refractivity contribution in [2.45, 2.75) is 44.6 Å². The molecule has 2 aromatic heterocycles. The number of aliphatic imine (C=N–C) groups is 1. The Labute approximate surface area is 159 Å². The summed E-state index contributed by atoms with van der Waals surface area (Å²) in [5, 5.41) is 1.75. The molecule has 4 rings (SSSR count). The molecule has 0 radical (unpaired) electrons. The van der Waals surface area contributed by atoms with Crippen LogP contribution in [-0.2, 0) is 11.3 Å². The monoisotopic (exact) mass is 370 g/mol. The van der Waals surface area contributed by atoms with Gasteiger partial charge >= 0.3 is 0 Å². The molecule has 0 spiro atoms. The highest BCUT2D eigenvalue weighted by Gasteiger charge is 2.44. The van der Waals surface area contributed by atoms with E-state index in [9.17, 15) is 0 Å². The number of nitrogens with zero attached hydrogens (tertiary/aromatic N) is 4. The predicted molar refractivity (Wildman–Crippen MR) is 107 cm³/mol. The summed E-state index contributed by atoms with van der Waals surface area (Å²) in [5.41, 5.74) is 5.01. The van der Waals surface area contributed by atoms with Crippen LogP contribution in [-0.4, -0.2) is 45.1 Å². The average molecular weight is 371 g/mol. The highest BCUT2D eigenvalue weighted by molar-refractivity contribution is 8.14. The second-order valence-electron chi connectivity index (χ2n) is 7.11. The molecule has 0 aromatic carbocycles. The van der Waals surface area contributed by atoms with Crippen LogP contribution >= 0.6 is 11.8 Å². The fourth-order valence-corrected chi connectivity index (χ4v) is 5.20. The lowest BCUT2D eigenvalue weighted by Gasteiger charge is -2.27. The molecule has 1 saturated heterocycles. The molecule has 0 saturated carbocycles. The molecular weight excluding hydrogens is 344 g/mol. The van der Waals surface area contributed by atoms with Gasteiger partial charge in [-0.15, -0.1) is 0 Å². The van der Waals surface area contributed by atoms with Crippen molar-refractivity contribution in [2.75, 3.05) is 20.3 Å². The molecule has 1 fully saturated rings. The zero-order chi connectivity index (χ0) is 18.3. The summed E-state index contributed by atoms with van der Waals surface area (Å²) >= 11 is 1.89. The van der Waals surface area contributed by atoms with E-state index in [0.29, 0.717) is 5.25 Å². The molecule has 2 aromatic rings. The van der Waals surface area contributed by atoms with Crippen LogP contribution in [0.15, 0.2) is 35.5 Å². The molecule has 2 aliphatic heterocycles. The maximum absolute atomic E-state index is 5.30. The summed E-state index contributed by atoms with van der Waals surface area (Å²) in [5.74, 6) is 0. The number of ether oxygens (including phenoxy) is 1. The molecular formula is C20H26N4OS. The second-order valence-corrected chi connectivity index (χ2v) is 8.51. The van der Waals surface area contributed by atoms with Crippen molar-refractivity contribution in [3.05, 3.63) is 53.1 Å². The van der Waals surface area contributed by atoms with Crippen molar-refractivity contribution in [2.24, 2.45) is 4.99 Å². The Hall–Kier alpha value is -1.79. The zero-order valence-corrected chi connectivity index (χ0v) is 16.7. The van der Waals surface area contributed by atoms with Gasteiger partial charge in [0.25, 0.3) is 0 Å². The fourth-order valence-electron chi connectivity index (χ4n) is 4.11. The molecule has 138 valence electrons. The van der Waals surface area contributed by atoms with E-state index in [-0.39, 0.29) is 12.1 Å². The van der Waals surface area contributed by atoms with Gasteiger partial charge in [0, 0.05) is 43.0 Å². The van der Waals surface area contributed by atoms with Gasteiger partial charge in [-0.2, -0.15) is 0 Å². The van der Waals surface area contributed by atoms with E-state index < -0.39 is 0 Å². The number of rotatable bonds is 5. The van der Waals surface area contributed by atoms with Crippen LogP contribution in [0.5, 0.6) is 0 Å². The fraction of sp³-hybridized carbons (Fsp3) is 0.500. The summed E-state index contributed by atoms with van der Waals surface area (Å²) in [6, 6.07) is 8.73. The number of thioether (sulfide) groups is 1. The van der Waals surface area contributed by atoms with E-state index in [0.717, 1.165) is 25.4 Å². The molecule has 6 heteroatoms. The van der Waals surface area contributed by atoms with Gasteiger partial charge in [0.1, 0.15) is 6.04 Å². The molecule has 0 unspecified atom stereocenters. The summed E-state index contributed by atoms with van der Waals surface area (Å²) in [4.78, 5) is 12.2. The smallest absolute Gasteiger partial charge is 0.160 e. The van der Waals surface area contributed by atoms with Crippen LogP contribution in [0.2, 0.25) is 0 Å². The molecule has 26 heavy (non-hydrogen) atoms. The summed E-state index contributed by atoms with van der Waals surface area (Å²) in [6.07, 6.45) is 1.87. The van der Waals surface area contributed by atoms with Crippen molar-refractivity contribution in [3.8, 4) is 0 Å². The Balaban J connectivity index is 1.75.